The van der Waals surface area contributed by atoms with E-state index >= 15 is 0 Å². The predicted molar refractivity (Wildman–Crippen MR) is 86.4 cm³/mol. The van der Waals surface area contributed by atoms with E-state index in [0.29, 0.717) is 12.1 Å². The molecule has 2 rings (SSSR count). The summed E-state index contributed by atoms with van der Waals surface area (Å²) in [4.78, 5) is 4.02. The molecule has 1 aliphatic rings. The summed E-state index contributed by atoms with van der Waals surface area (Å²) >= 11 is 1.84. The van der Waals surface area contributed by atoms with Crippen LogP contribution in [0, 0.1) is 5.92 Å². The SMILES string of the molecule is CC(C)CC(CNC(C)c1cccs1)N1CCOCC1. The molecule has 114 valence electrons. The molecule has 0 bridgehead atoms. The topological polar surface area (TPSA) is 24.5 Å². The van der Waals surface area contributed by atoms with Gasteiger partial charge in [0.15, 0.2) is 0 Å². The van der Waals surface area contributed by atoms with Crippen molar-refractivity contribution in [1.29, 1.82) is 0 Å². The molecule has 2 unspecified atom stereocenters. The third kappa shape index (κ3) is 4.85. The first kappa shape index (κ1) is 16.0. The van der Waals surface area contributed by atoms with Crippen molar-refractivity contribution >= 4 is 11.3 Å². The number of nitrogens with zero attached hydrogens (tertiary/aromatic N) is 1. The molecule has 1 fully saturated rings. The van der Waals surface area contributed by atoms with E-state index in [-0.39, 0.29) is 0 Å². The fraction of sp³-hybridized carbons (Fsp3) is 0.750. The summed E-state index contributed by atoms with van der Waals surface area (Å²) in [5.74, 6) is 0.738. The maximum absolute atomic E-state index is 5.48. The minimum Gasteiger partial charge on any atom is -0.379 e. The molecule has 2 heterocycles. The third-order valence-electron chi connectivity index (χ3n) is 3.94. The first-order chi connectivity index (χ1) is 9.66. The molecule has 3 nitrogen and oxygen atoms in total. The van der Waals surface area contributed by atoms with Gasteiger partial charge in [-0.3, -0.25) is 4.90 Å². The highest BCUT2D eigenvalue weighted by Crippen LogP contribution is 2.19. The lowest BCUT2D eigenvalue weighted by Crippen LogP contribution is -2.48. The summed E-state index contributed by atoms with van der Waals surface area (Å²) in [6, 6.07) is 5.42. The first-order valence-electron chi connectivity index (χ1n) is 7.75. The van der Waals surface area contributed by atoms with Crippen LogP contribution < -0.4 is 5.32 Å². The van der Waals surface area contributed by atoms with Crippen LogP contribution in [0.2, 0.25) is 0 Å². The summed E-state index contributed by atoms with van der Waals surface area (Å²) in [7, 11) is 0. The molecule has 4 heteroatoms. The second kappa shape index (κ2) is 8.13. The predicted octanol–water partition coefficient (Wildman–Crippen LogP) is 3.15. The van der Waals surface area contributed by atoms with Crippen molar-refractivity contribution in [3.63, 3.8) is 0 Å². The second-order valence-electron chi connectivity index (χ2n) is 6.08. The van der Waals surface area contributed by atoms with Gasteiger partial charge < -0.3 is 10.1 Å². The summed E-state index contributed by atoms with van der Waals surface area (Å²) in [5, 5.41) is 5.87. The van der Waals surface area contributed by atoms with Crippen molar-refractivity contribution in [3.05, 3.63) is 22.4 Å². The first-order valence-corrected chi connectivity index (χ1v) is 8.63. The van der Waals surface area contributed by atoms with Gasteiger partial charge in [0.25, 0.3) is 0 Å². The van der Waals surface area contributed by atoms with E-state index in [1.54, 1.807) is 0 Å². The number of hydrogen-bond donors (Lipinski definition) is 1. The van der Waals surface area contributed by atoms with E-state index in [4.69, 9.17) is 4.74 Å². The smallest absolute Gasteiger partial charge is 0.0594 e. The summed E-state index contributed by atoms with van der Waals surface area (Å²) in [6.45, 7) is 11.9. The maximum Gasteiger partial charge on any atom is 0.0594 e. The van der Waals surface area contributed by atoms with Crippen LogP contribution in [-0.2, 0) is 4.74 Å². The van der Waals surface area contributed by atoms with E-state index in [2.05, 4.69) is 48.5 Å². The molecule has 1 N–H and O–H groups in total. The van der Waals surface area contributed by atoms with Crippen LogP contribution in [0.1, 0.15) is 38.1 Å². The van der Waals surface area contributed by atoms with Crippen molar-refractivity contribution < 1.29 is 4.74 Å². The number of rotatable bonds is 7. The molecule has 0 spiro atoms. The number of ether oxygens (including phenoxy) is 1. The van der Waals surface area contributed by atoms with Gasteiger partial charge in [-0.15, -0.1) is 11.3 Å². The minimum atomic E-state index is 0.450. The highest BCUT2D eigenvalue weighted by molar-refractivity contribution is 7.10. The van der Waals surface area contributed by atoms with E-state index in [1.165, 1.54) is 11.3 Å². The van der Waals surface area contributed by atoms with Crippen molar-refractivity contribution in [2.45, 2.75) is 39.3 Å². The summed E-state index contributed by atoms with van der Waals surface area (Å²) in [6.07, 6.45) is 1.25. The Bertz CT molecular complexity index is 361. The summed E-state index contributed by atoms with van der Waals surface area (Å²) < 4.78 is 5.48. The van der Waals surface area contributed by atoms with Gasteiger partial charge in [0.1, 0.15) is 0 Å². The zero-order chi connectivity index (χ0) is 14.4. The molecule has 1 aromatic rings. The Hall–Kier alpha value is -0.420. The lowest BCUT2D eigenvalue weighted by atomic mass is 10.0. The monoisotopic (exact) mass is 296 g/mol. The van der Waals surface area contributed by atoms with Gasteiger partial charge in [0.05, 0.1) is 13.2 Å². The fourth-order valence-electron chi connectivity index (χ4n) is 2.80. The van der Waals surface area contributed by atoms with Gasteiger partial charge in [-0.1, -0.05) is 19.9 Å². The number of morpholine rings is 1. The van der Waals surface area contributed by atoms with Crippen LogP contribution in [0.15, 0.2) is 17.5 Å². The van der Waals surface area contributed by atoms with Crippen LogP contribution in [0.4, 0.5) is 0 Å². The molecular formula is C16H28N2OS. The van der Waals surface area contributed by atoms with Crippen LogP contribution in [0.5, 0.6) is 0 Å². The van der Waals surface area contributed by atoms with Gasteiger partial charge in [-0.25, -0.2) is 0 Å². The Morgan fingerprint density at radius 2 is 2.05 bits per heavy atom. The van der Waals surface area contributed by atoms with E-state index in [9.17, 15) is 0 Å². The van der Waals surface area contributed by atoms with Crippen LogP contribution >= 0.6 is 11.3 Å². The molecule has 20 heavy (non-hydrogen) atoms. The third-order valence-corrected chi connectivity index (χ3v) is 4.99. The lowest BCUT2D eigenvalue weighted by molar-refractivity contribution is 0.0119. The fourth-order valence-corrected chi connectivity index (χ4v) is 3.56. The minimum absolute atomic E-state index is 0.450. The standard InChI is InChI=1S/C16H28N2OS/c1-13(2)11-15(18-6-8-19-9-7-18)12-17-14(3)16-5-4-10-20-16/h4-5,10,13-15,17H,6-9,11-12H2,1-3H3. The Kier molecular flexibility index (Phi) is 6.49. The van der Waals surface area contributed by atoms with Gasteiger partial charge >= 0.3 is 0 Å². The van der Waals surface area contributed by atoms with Crippen molar-refractivity contribution in [2.24, 2.45) is 5.92 Å². The molecule has 2 atom stereocenters. The lowest BCUT2D eigenvalue weighted by Gasteiger charge is -2.36. The van der Waals surface area contributed by atoms with Crippen molar-refractivity contribution in [3.8, 4) is 0 Å². The van der Waals surface area contributed by atoms with E-state index < -0.39 is 0 Å². The molecule has 0 aliphatic carbocycles. The molecule has 0 radical (unpaired) electrons. The average molecular weight is 296 g/mol. The van der Waals surface area contributed by atoms with Crippen LogP contribution in [0.25, 0.3) is 0 Å². The van der Waals surface area contributed by atoms with E-state index in [1.807, 2.05) is 11.3 Å². The largest absolute Gasteiger partial charge is 0.379 e. The molecule has 0 amide bonds. The average Bonchev–Trinajstić information content (AvgIpc) is 2.98. The Labute approximate surface area is 127 Å². The van der Waals surface area contributed by atoms with Crippen molar-refractivity contribution in [1.82, 2.24) is 10.2 Å². The summed E-state index contributed by atoms with van der Waals surface area (Å²) in [5.41, 5.74) is 0. The Balaban J connectivity index is 1.86. The molecule has 1 aromatic heterocycles. The number of hydrogen-bond acceptors (Lipinski definition) is 4. The maximum atomic E-state index is 5.48. The van der Waals surface area contributed by atoms with Crippen LogP contribution in [0.3, 0.4) is 0 Å². The van der Waals surface area contributed by atoms with Gasteiger partial charge in [-0.2, -0.15) is 0 Å². The molecule has 1 aliphatic heterocycles. The Morgan fingerprint density at radius 3 is 2.65 bits per heavy atom. The second-order valence-corrected chi connectivity index (χ2v) is 7.06. The highest BCUT2D eigenvalue weighted by atomic mass is 32.1. The Morgan fingerprint density at radius 1 is 1.30 bits per heavy atom. The number of thiophene rings is 1. The van der Waals surface area contributed by atoms with Gasteiger partial charge in [0.2, 0.25) is 0 Å². The zero-order valence-corrected chi connectivity index (χ0v) is 13.8. The molecule has 0 saturated carbocycles. The zero-order valence-electron chi connectivity index (χ0n) is 13.0. The quantitative estimate of drug-likeness (QED) is 0.836. The molecule has 1 saturated heterocycles. The van der Waals surface area contributed by atoms with Gasteiger partial charge in [0, 0.05) is 36.6 Å². The normalized spacial score (nSPS) is 20.2. The van der Waals surface area contributed by atoms with E-state index in [0.717, 1.165) is 38.8 Å². The highest BCUT2D eigenvalue weighted by Gasteiger charge is 2.22. The molecular weight excluding hydrogens is 268 g/mol. The molecule has 0 aromatic carbocycles. The van der Waals surface area contributed by atoms with Crippen molar-refractivity contribution in [2.75, 3.05) is 32.8 Å². The van der Waals surface area contributed by atoms with Gasteiger partial charge in [-0.05, 0) is 30.7 Å². The number of nitrogens with one attached hydrogen (secondary N) is 1. The van der Waals surface area contributed by atoms with Crippen LogP contribution in [-0.4, -0.2) is 43.8 Å².